The van der Waals surface area contributed by atoms with Gasteiger partial charge in [-0.15, -0.1) is 0 Å². The van der Waals surface area contributed by atoms with Gasteiger partial charge in [0.05, 0.1) is 27.2 Å². The van der Waals surface area contributed by atoms with Crippen LogP contribution in [0.2, 0.25) is 0 Å². The number of nitrogens with zero attached hydrogens (tertiary/aromatic N) is 1. The molecule has 0 radical (unpaired) electrons. The van der Waals surface area contributed by atoms with E-state index < -0.39 is 34.2 Å². The summed E-state index contributed by atoms with van der Waals surface area (Å²) in [5.41, 5.74) is 0. The molecule has 0 aliphatic heterocycles. The molecule has 0 heterocycles. The zero-order valence-corrected chi connectivity index (χ0v) is 15.4. The van der Waals surface area contributed by atoms with Crippen molar-refractivity contribution in [2.75, 3.05) is 41.6 Å². The van der Waals surface area contributed by atoms with Crippen molar-refractivity contribution in [3.05, 3.63) is 0 Å². The van der Waals surface area contributed by atoms with Gasteiger partial charge in [0, 0.05) is 14.2 Å². The van der Waals surface area contributed by atoms with Crippen molar-refractivity contribution in [3.8, 4) is 0 Å². The molecule has 130 valence electrons. The number of hydrogen-bond donors (Lipinski definition) is 0. The summed E-state index contributed by atoms with van der Waals surface area (Å²) in [6.45, 7) is 2.90. The number of hydrogen-bond acceptors (Lipinski definition) is 8. The van der Waals surface area contributed by atoms with Gasteiger partial charge in [-0.2, -0.15) is 0 Å². The van der Waals surface area contributed by atoms with Crippen LogP contribution < -0.4 is 0 Å². The van der Waals surface area contributed by atoms with Gasteiger partial charge in [-0.3, -0.25) is 14.2 Å². The van der Waals surface area contributed by atoms with Gasteiger partial charge in [-0.25, -0.2) is 0 Å². The van der Waals surface area contributed by atoms with Gasteiger partial charge in [0.25, 0.3) is 0 Å². The van der Waals surface area contributed by atoms with E-state index in [0.717, 1.165) is 6.42 Å². The van der Waals surface area contributed by atoms with Gasteiger partial charge >= 0.3 is 11.9 Å². The lowest BCUT2D eigenvalue weighted by Gasteiger charge is -2.29. The fourth-order valence-electron chi connectivity index (χ4n) is 1.84. The fourth-order valence-corrected chi connectivity index (χ4v) is 3.33. The lowest BCUT2D eigenvalue weighted by molar-refractivity contribution is -0.152. The first kappa shape index (κ1) is 21.0. The topological polar surface area (TPSA) is 83.5 Å². The Balaban J connectivity index is 4.86. The second-order valence-electron chi connectivity index (χ2n) is 4.55. The Hall–Kier alpha value is -1.00. The third-order valence-corrected chi connectivity index (χ3v) is 4.61. The zero-order chi connectivity index (χ0) is 17.0. The molecule has 0 saturated carbocycles. The molecule has 0 aliphatic rings. The molecule has 0 rings (SSSR count). The van der Waals surface area contributed by atoms with E-state index in [9.17, 15) is 9.59 Å². The molecule has 2 atom stereocenters. The number of methoxy groups -OCH3 is 4. The summed E-state index contributed by atoms with van der Waals surface area (Å²) in [6, 6.07) is -0.705. The van der Waals surface area contributed by atoms with E-state index in [1.165, 1.54) is 21.3 Å². The average molecular weight is 337 g/mol. The second-order valence-corrected chi connectivity index (χ2v) is 5.95. The van der Waals surface area contributed by atoms with Crippen molar-refractivity contribution < 1.29 is 33.0 Å². The number of rotatable bonds is 12. The van der Waals surface area contributed by atoms with E-state index in [1.54, 1.807) is 7.11 Å². The second kappa shape index (κ2) is 12.5. The number of ether oxygens (including phenoxy) is 4. The third kappa shape index (κ3) is 7.85. The monoisotopic (exact) mass is 337 g/mol. The van der Waals surface area contributed by atoms with Gasteiger partial charge in [0.1, 0.15) is 6.04 Å². The maximum absolute atomic E-state index is 12.0. The summed E-state index contributed by atoms with van der Waals surface area (Å²) in [5, 5.41) is 0. The van der Waals surface area contributed by atoms with Crippen molar-refractivity contribution in [2.24, 2.45) is 0 Å². The predicted octanol–water partition coefficient (Wildman–Crippen LogP) is -0.563. The van der Waals surface area contributed by atoms with E-state index in [0.29, 0.717) is 13.2 Å². The van der Waals surface area contributed by atoms with Crippen molar-refractivity contribution >= 4 is 21.9 Å². The van der Waals surface area contributed by atoms with Crippen LogP contribution in [0.1, 0.15) is 19.8 Å². The number of carbonyl (C=O) groups excluding carboxylic acids is 2. The zero-order valence-electron chi connectivity index (χ0n) is 14.0. The Morgan fingerprint density at radius 3 is 2.27 bits per heavy atom. The van der Waals surface area contributed by atoms with E-state index in [2.05, 4.69) is 4.74 Å². The molecular weight excluding hydrogens is 310 g/mol. The summed E-state index contributed by atoms with van der Waals surface area (Å²) in [7, 11) is 4.36. The van der Waals surface area contributed by atoms with Crippen LogP contribution in [0.25, 0.3) is 0 Å². The molecule has 0 saturated heterocycles. The molecule has 0 amide bonds. The Labute approximate surface area is 134 Å². The molecule has 9 heteroatoms. The summed E-state index contributed by atoms with van der Waals surface area (Å²) in [5.74, 6) is -0.943. The molecule has 0 aliphatic carbocycles. The standard InChI is InChI=1S/C13H27NO7Si/c1-6-7-14(22-21-12(19-4)9-17-2)10(13(16)20-5)8-11(15)18-3/h10,12H,6-9,22H2,1-5H3. The minimum Gasteiger partial charge on any atom is -0.469 e. The molecule has 0 aromatic rings. The Morgan fingerprint density at radius 2 is 1.82 bits per heavy atom. The van der Waals surface area contributed by atoms with Crippen LogP contribution in [0.3, 0.4) is 0 Å². The minimum atomic E-state index is -1.29. The first-order chi connectivity index (χ1) is 10.5. The summed E-state index contributed by atoms with van der Waals surface area (Å²) >= 11 is 0. The van der Waals surface area contributed by atoms with Gasteiger partial charge in [-0.05, 0) is 13.0 Å². The van der Waals surface area contributed by atoms with E-state index in [4.69, 9.17) is 18.6 Å². The fraction of sp³-hybridized carbons (Fsp3) is 0.846. The van der Waals surface area contributed by atoms with Crippen LogP contribution in [0, 0.1) is 0 Å². The molecular formula is C13H27NO7Si. The van der Waals surface area contributed by atoms with E-state index >= 15 is 0 Å². The lowest BCUT2D eigenvalue weighted by Crippen LogP contribution is -2.48. The Morgan fingerprint density at radius 1 is 1.14 bits per heavy atom. The van der Waals surface area contributed by atoms with Gasteiger partial charge in [0.2, 0.25) is 9.92 Å². The van der Waals surface area contributed by atoms with E-state index in [-0.39, 0.29) is 6.42 Å². The number of carbonyl (C=O) groups is 2. The van der Waals surface area contributed by atoms with Crippen LogP contribution in [-0.2, 0) is 33.0 Å². The number of esters is 2. The van der Waals surface area contributed by atoms with Gasteiger partial charge in [0.15, 0.2) is 6.29 Å². The molecule has 22 heavy (non-hydrogen) atoms. The molecule has 8 nitrogen and oxygen atoms in total. The third-order valence-electron chi connectivity index (χ3n) is 3.00. The lowest BCUT2D eigenvalue weighted by atomic mass is 10.2. The summed E-state index contributed by atoms with van der Waals surface area (Å²) in [4.78, 5) is 23.5. The SMILES string of the molecule is CCCN([SiH2]OC(COC)OC)C(CC(=O)OC)C(=O)OC. The maximum atomic E-state index is 12.0. The van der Waals surface area contributed by atoms with Crippen molar-refractivity contribution in [1.82, 2.24) is 4.57 Å². The Kier molecular flexibility index (Phi) is 12.0. The molecule has 0 bridgehead atoms. The highest BCUT2D eigenvalue weighted by molar-refractivity contribution is 6.24. The van der Waals surface area contributed by atoms with Crippen molar-refractivity contribution in [3.63, 3.8) is 0 Å². The Bertz CT molecular complexity index is 330. The van der Waals surface area contributed by atoms with Crippen LogP contribution in [-0.4, -0.2) is 80.4 Å². The summed E-state index contributed by atoms with van der Waals surface area (Å²) in [6.07, 6.45) is 0.251. The summed E-state index contributed by atoms with van der Waals surface area (Å²) < 4.78 is 27.1. The predicted molar refractivity (Wildman–Crippen MR) is 81.7 cm³/mol. The van der Waals surface area contributed by atoms with Crippen molar-refractivity contribution in [2.45, 2.75) is 32.1 Å². The van der Waals surface area contributed by atoms with Crippen LogP contribution in [0.5, 0.6) is 0 Å². The highest BCUT2D eigenvalue weighted by Crippen LogP contribution is 2.09. The highest BCUT2D eigenvalue weighted by atomic mass is 28.2. The van der Waals surface area contributed by atoms with E-state index in [1.807, 2.05) is 11.5 Å². The highest BCUT2D eigenvalue weighted by Gasteiger charge is 2.30. The molecule has 2 unspecified atom stereocenters. The molecule has 0 aromatic heterocycles. The van der Waals surface area contributed by atoms with Gasteiger partial charge in [-0.1, -0.05) is 6.92 Å². The molecule has 0 spiro atoms. The first-order valence-corrected chi connectivity index (χ1v) is 8.26. The molecule has 0 fully saturated rings. The minimum absolute atomic E-state index is 0.0680. The first-order valence-electron chi connectivity index (χ1n) is 7.05. The smallest absolute Gasteiger partial charge is 0.323 e. The van der Waals surface area contributed by atoms with Crippen LogP contribution in [0.15, 0.2) is 0 Å². The van der Waals surface area contributed by atoms with Gasteiger partial charge < -0.3 is 23.4 Å². The van der Waals surface area contributed by atoms with Crippen LogP contribution in [0.4, 0.5) is 0 Å². The quantitative estimate of drug-likeness (QED) is 0.266. The molecule has 0 aromatic carbocycles. The maximum Gasteiger partial charge on any atom is 0.323 e. The van der Waals surface area contributed by atoms with Crippen molar-refractivity contribution in [1.29, 1.82) is 0 Å². The normalized spacial score (nSPS) is 14.3. The average Bonchev–Trinajstić information content (AvgIpc) is 2.54. The van der Waals surface area contributed by atoms with Crippen LogP contribution >= 0.6 is 0 Å². The molecule has 0 N–H and O–H groups in total. The largest absolute Gasteiger partial charge is 0.469 e.